The van der Waals surface area contributed by atoms with Crippen LogP contribution in [0.5, 0.6) is 0 Å². The van der Waals surface area contributed by atoms with Crippen molar-refractivity contribution in [1.82, 2.24) is 0 Å². The van der Waals surface area contributed by atoms with Crippen LogP contribution in [0, 0.1) is 5.82 Å². The molecule has 0 aliphatic rings. The van der Waals surface area contributed by atoms with E-state index in [0.717, 1.165) is 0 Å². The third-order valence-electron chi connectivity index (χ3n) is 2.94. The molecule has 2 rings (SSSR count). The van der Waals surface area contributed by atoms with E-state index in [1.54, 1.807) is 37.3 Å². The number of rotatable bonds is 2. The van der Waals surface area contributed by atoms with Gasteiger partial charge in [0, 0.05) is 0 Å². The van der Waals surface area contributed by atoms with Crippen molar-refractivity contribution in [3.63, 3.8) is 0 Å². The number of hydrogen-bond donors (Lipinski definition) is 1. The van der Waals surface area contributed by atoms with Crippen LogP contribution in [0.15, 0.2) is 42.5 Å². The summed E-state index contributed by atoms with van der Waals surface area (Å²) in [7, 11) is 0. The first kappa shape index (κ1) is 13.3. The molecule has 0 aliphatic heterocycles. The average molecular weight is 284 g/mol. The Bertz CT molecular complexity index is 582. The van der Waals surface area contributed by atoms with Crippen molar-refractivity contribution < 1.29 is 4.39 Å². The van der Waals surface area contributed by atoms with Gasteiger partial charge >= 0.3 is 0 Å². The zero-order chi connectivity index (χ0) is 13.3. The van der Waals surface area contributed by atoms with E-state index in [0.29, 0.717) is 21.2 Å². The monoisotopic (exact) mass is 283 g/mol. The van der Waals surface area contributed by atoms with Gasteiger partial charge in [0.05, 0.1) is 15.6 Å². The molecule has 0 aliphatic carbocycles. The fourth-order valence-electron chi connectivity index (χ4n) is 1.87. The highest BCUT2D eigenvalue weighted by molar-refractivity contribution is 6.42. The minimum absolute atomic E-state index is 0.331. The molecule has 0 fully saturated rings. The van der Waals surface area contributed by atoms with E-state index in [2.05, 4.69) is 0 Å². The van der Waals surface area contributed by atoms with Crippen LogP contribution in [0.4, 0.5) is 4.39 Å². The van der Waals surface area contributed by atoms with Gasteiger partial charge in [-0.25, -0.2) is 4.39 Å². The first-order valence-corrected chi connectivity index (χ1v) is 6.18. The van der Waals surface area contributed by atoms with E-state index in [1.807, 2.05) is 0 Å². The smallest absolute Gasteiger partial charge is 0.123 e. The summed E-state index contributed by atoms with van der Waals surface area (Å²) in [6.07, 6.45) is 0. The van der Waals surface area contributed by atoms with Crippen LogP contribution in [0.25, 0.3) is 0 Å². The maximum atomic E-state index is 13.3. The molecule has 2 aromatic rings. The minimum atomic E-state index is -0.899. The van der Waals surface area contributed by atoms with E-state index in [4.69, 9.17) is 28.9 Å². The molecular weight excluding hydrogens is 272 g/mol. The Kier molecular flexibility index (Phi) is 3.62. The Labute approximate surface area is 115 Å². The van der Waals surface area contributed by atoms with Gasteiger partial charge in [-0.3, -0.25) is 0 Å². The number of halogens is 3. The van der Waals surface area contributed by atoms with Crippen LogP contribution < -0.4 is 5.73 Å². The molecule has 2 aromatic carbocycles. The Morgan fingerprint density at radius 2 is 1.78 bits per heavy atom. The van der Waals surface area contributed by atoms with Crippen molar-refractivity contribution in [1.29, 1.82) is 0 Å². The standard InChI is InChI=1S/C14H12Cl2FN/c1-14(18,9-4-2-5-10(17)8-9)11-6-3-7-12(15)13(11)16/h2-8H,18H2,1H3. The van der Waals surface area contributed by atoms with Gasteiger partial charge in [0.1, 0.15) is 5.82 Å². The molecule has 0 saturated heterocycles. The molecular formula is C14H12Cl2FN. The summed E-state index contributed by atoms with van der Waals surface area (Å²) in [5, 5.41) is 0.829. The largest absolute Gasteiger partial charge is 0.318 e. The Hall–Kier alpha value is -1.09. The number of nitrogens with two attached hydrogens (primary N) is 1. The van der Waals surface area contributed by atoms with Crippen molar-refractivity contribution in [2.75, 3.05) is 0 Å². The molecule has 0 aromatic heterocycles. The fraction of sp³-hybridized carbons (Fsp3) is 0.143. The van der Waals surface area contributed by atoms with E-state index in [1.165, 1.54) is 12.1 Å². The summed E-state index contributed by atoms with van der Waals surface area (Å²) in [6.45, 7) is 1.78. The zero-order valence-electron chi connectivity index (χ0n) is 9.75. The summed E-state index contributed by atoms with van der Waals surface area (Å²) >= 11 is 12.1. The molecule has 0 heterocycles. The van der Waals surface area contributed by atoms with Gasteiger partial charge in [-0.05, 0) is 36.2 Å². The Balaban J connectivity index is 2.57. The highest BCUT2D eigenvalue weighted by Gasteiger charge is 2.27. The molecule has 0 saturated carbocycles. The lowest BCUT2D eigenvalue weighted by molar-refractivity contribution is 0.582. The molecule has 2 N–H and O–H groups in total. The molecule has 1 unspecified atom stereocenters. The molecule has 94 valence electrons. The second kappa shape index (κ2) is 4.88. The third-order valence-corrected chi connectivity index (χ3v) is 3.75. The normalized spacial score (nSPS) is 14.3. The highest BCUT2D eigenvalue weighted by Crippen LogP contribution is 2.35. The Morgan fingerprint density at radius 1 is 1.11 bits per heavy atom. The number of benzene rings is 2. The topological polar surface area (TPSA) is 26.0 Å². The third kappa shape index (κ3) is 2.37. The molecule has 4 heteroatoms. The van der Waals surface area contributed by atoms with Gasteiger partial charge in [0.15, 0.2) is 0 Å². The van der Waals surface area contributed by atoms with Crippen molar-refractivity contribution >= 4 is 23.2 Å². The molecule has 0 radical (unpaired) electrons. The van der Waals surface area contributed by atoms with Crippen LogP contribution in [0.3, 0.4) is 0 Å². The predicted molar refractivity (Wildman–Crippen MR) is 73.5 cm³/mol. The summed E-state index contributed by atoms with van der Waals surface area (Å²) < 4.78 is 13.3. The van der Waals surface area contributed by atoms with Crippen LogP contribution in [-0.2, 0) is 5.54 Å². The first-order chi connectivity index (χ1) is 8.43. The van der Waals surface area contributed by atoms with Gasteiger partial charge in [-0.15, -0.1) is 0 Å². The SMILES string of the molecule is CC(N)(c1cccc(F)c1)c1cccc(Cl)c1Cl. The van der Waals surface area contributed by atoms with Crippen LogP contribution in [0.1, 0.15) is 18.1 Å². The van der Waals surface area contributed by atoms with Crippen LogP contribution in [0.2, 0.25) is 10.0 Å². The molecule has 1 atom stereocenters. The van der Waals surface area contributed by atoms with Crippen molar-refractivity contribution in [3.05, 3.63) is 69.5 Å². The van der Waals surface area contributed by atoms with Crippen molar-refractivity contribution in [2.45, 2.75) is 12.5 Å². The maximum absolute atomic E-state index is 13.3. The van der Waals surface area contributed by atoms with E-state index >= 15 is 0 Å². The second-order valence-corrected chi connectivity index (χ2v) is 5.10. The summed E-state index contributed by atoms with van der Waals surface area (Å²) in [5.41, 5.74) is 6.70. The van der Waals surface area contributed by atoms with Crippen molar-refractivity contribution in [2.24, 2.45) is 5.73 Å². The lowest BCUT2D eigenvalue weighted by atomic mass is 9.85. The van der Waals surface area contributed by atoms with Gasteiger partial charge in [-0.2, -0.15) is 0 Å². The first-order valence-electron chi connectivity index (χ1n) is 5.42. The lowest BCUT2D eigenvalue weighted by Crippen LogP contribution is -2.34. The van der Waals surface area contributed by atoms with Gasteiger partial charge < -0.3 is 5.73 Å². The minimum Gasteiger partial charge on any atom is -0.318 e. The zero-order valence-corrected chi connectivity index (χ0v) is 11.3. The predicted octanol–water partition coefficient (Wildman–Crippen LogP) is 4.35. The van der Waals surface area contributed by atoms with E-state index in [9.17, 15) is 4.39 Å². The van der Waals surface area contributed by atoms with Crippen LogP contribution >= 0.6 is 23.2 Å². The summed E-state index contributed by atoms with van der Waals surface area (Å²) in [6, 6.07) is 11.4. The molecule has 0 bridgehead atoms. The summed E-state index contributed by atoms with van der Waals surface area (Å²) in [4.78, 5) is 0. The second-order valence-electron chi connectivity index (χ2n) is 4.31. The van der Waals surface area contributed by atoms with Crippen LogP contribution in [-0.4, -0.2) is 0 Å². The van der Waals surface area contributed by atoms with Gasteiger partial charge in [-0.1, -0.05) is 47.5 Å². The fourth-order valence-corrected chi connectivity index (χ4v) is 2.37. The number of hydrogen-bond acceptors (Lipinski definition) is 1. The quantitative estimate of drug-likeness (QED) is 0.871. The maximum Gasteiger partial charge on any atom is 0.123 e. The van der Waals surface area contributed by atoms with E-state index < -0.39 is 5.54 Å². The lowest BCUT2D eigenvalue weighted by Gasteiger charge is -2.27. The average Bonchev–Trinajstić information content (AvgIpc) is 2.32. The molecule has 1 nitrogen and oxygen atoms in total. The van der Waals surface area contributed by atoms with E-state index in [-0.39, 0.29) is 5.82 Å². The Morgan fingerprint density at radius 3 is 2.44 bits per heavy atom. The highest BCUT2D eigenvalue weighted by atomic mass is 35.5. The van der Waals surface area contributed by atoms with Gasteiger partial charge in [0.2, 0.25) is 0 Å². The molecule has 0 amide bonds. The molecule has 0 spiro atoms. The van der Waals surface area contributed by atoms with Gasteiger partial charge in [0.25, 0.3) is 0 Å². The molecule has 18 heavy (non-hydrogen) atoms. The summed E-state index contributed by atoms with van der Waals surface area (Å²) in [5.74, 6) is -0.331. The van der Waals surface area contributed by atoms with Crippen molar-refractivity contribution in [3.8, 4) is 0 Å².